The molecule has 2 aliphatic heterocycles. The second-order valence-corrected chi connectivity index (χ2v) is 8.28. The Kier molecular flexibility index (Phi) is 4.08. The van der Waals surface area contributed by atoms with Crippen molar-refractivity contribution < 1.29 is 4.79 Å². The van der Waals surface area contributed by atoms with Gasteiger partial charge in [0.1, 0.15) is 0 Å². The number of aryl methyl sites for hydroxylation is 2. The number of carbonyl (C=O) groups excluding carboxylic acids is 1. The number of aromatic nitrogens is 3. The molecule has 2 fully saturated rings. The highest BCUT2D eigenvalue weighted by molar-refractivity contribution is 5.79. The van der Waals surface area contributed by atoms with Crippen LogP contribution in [0.3, 0.4) is 0 Å². The van der Waals surface area contributed by atoms with Gasteiger partial charge in [0.15, 0.2) is 12.0 Å². The predicted octanol–water partition coefficient (Wildman–Crippen LogP) is 1.88. The third kappa shape index (κ3) is 2.84. The number of hydrogen-bond donors (Lipinski definition) is 1. The van der Waals surface area contributed by atoms with Crippen LogP contribution in [0.5, 0.6) is 0 Å². The molecule has 4 atom stereocenters. The quantitative estimate of drug-likeness (QED) is 0.827. The molecule has 7 nitrogen and oxygen atoms in total. The smallest absolute Gasteiger partial charge is 0.223 e. The normalized spacial score (nSPS) is 28.1. The van der Waals surface area contributed by atoms with Crippen molar-refractivity contribution in [2.24, 2.45) is 5.92 Å². The van der Waals surface area contributed by atoms with Crippen molar-refractivity contribution in [1.82, 2.24) is 25.0 Å². The van der Waals surface area contributed by atoms with Gasteiger partial charge < -0.3 is 10.2 Å². The highest BCUT2D eigenvalue weighted by Gasteiger charge is 2.47. The van der Waals surface area contributed by atoms with Crippen molar-refractivity contribution >= 4 is 5.91 Å². The van der Waals surface area contributed by atoms with Gasteiger partial charge >= 0.3 is 0 Å². The van der Waals surface area contributed by atoms with Crippen LogP contribution < -0.4 is 5.32 Å². The molecular weight excluding hydrogens is 352 g/mol. The summed E-state index contributed by atoms with van der Waals surface area (Å²) in [5.74, 6) is 0.918. The Hall–Kier alpha value is -2.88. The zero-order chi connectivity index (χ0) is 19.3. The molecule has 3 aliphatic rings. The topological polar surface area (TPSA) is 86.8 Å². The zero-order valence-corrected chi connectivity index (χ0v) is 16.0. The number of rotatable bonds is 3. The van der Waals surface area contributed by atoms with Crippen molar-refractivity contribution in [3.8, 4) is 12.0 Å². The molecule has 4 heterocycles. The van der Waals surface area contributed by atoms with Gasteiger partial charge in [-0.25, -0.2) is 9.67 Å². The van der Waals surface area contributed by atoms with Crippen LogP contribution in [0.15, 0.2) is 24.4 Å². The van der Waals surface area contributed by atoms with E-state index in [4.69, 9.17) is 5.10 Å². The number of fused-ring (bicyclic) bond motifs is 3. The maximum absolute atomic E-state index is 12.9. The van der Waals surface area contributed by atoms with E-state index in [2.05, 4.69) is 16.5 Å². The van der Waals surface area contributed by atoms with E-state index in [0.29, 0.717) is 6.04 Å². The van der Waals surface area contributed by atoms with E-state index in [1.54, 1.807) is 0 Å². The molecule has 1 amide bonds. The lowest BCUT2D eigenvalue weighted by Crippen LogP contribution is -2.46. The van der Waals surface area contributed by atoms with E-state index < -0.39 is 0 Å². The summed E-state index contributed by atoms with van der Waals surface area (Å²) in [7, 11) is 0. The Morgan fingerprint density at radius 1 is 1.32 bits per heavy atom. The largest absolute Gasteiger partial charge is 0.351 e. The lowest BCUT2D eigenvalue weighted by atomic mass is 9.86. The van der Waals surface area contributed by atoms with Crippen LogP contribution in [0, 0.1) is 24.3 Å². The van der Waals surface area contributed by atoms with Crippen LogP contribution >= 0.6 is 0 Å². The zero-order valence-electron chi connectivity index (χ0n) is 16.0. The average Bonchev–Trinajstić information content (AvgIpc) is 3.39. The summed E-state index contributed by atoms with van der Waals surface area (Å²) in [6.07, 6.45) is 9.66. The summed E-state index contributed by atoms with van der Waals surface area (Å²) in [5, 5.41) is 17.3. The number of carbonyl (C=O) groups is 1. The van der Waals surface area contributed by atoms with Gasteiger partial charge in [-0.05, 0) is 63.1 Å². The maximum atomic E-state index is 12.9. The van der Waals surface area contributed by atoms with Crippen molar-refractivity contribution in [1.29, 1.82) is 5.26 Å². The molecule has 1 aliphatic carbocycles. The van der Waals surface area contributed by atoms with Gasteiger partial charge in [0.25, 0.3) is 0 Å². The van der Waals surface area contributed by atoms with Crippen molar-refractivity contribution in [3.63, 3.8) is 0 Å². The van der Waals surface area contributed by atoms with Crippen molar-refractivity contribution in [2.75, 3.05) is 0 Å². The highest BCUT2D eigenvalue weighted by atomic mass is 16.2. The van der Waals surface area contributed by atoms with Gasteiger partial charge in [0, 0.05) is 23.9 Å². The molecule has 0 spiro atoms. The maximum Gasteiger partial charge on any atom is 0.223 e. The lowest BCUT2D eigenvalue weighted by Gasteiger charge is -2.26. The highest BCUT2D eigenvalue weighted by Crippen LogP contribution is 2.37. The molecule has 1 N–H and O–H groups in total. The number of amides is 1. The molecular formula is C21H24N6O. The summed E-state index contributed by atoms with van der Waals surface area (Å²) in [4.78, 5) is 19.3. The number of pyridine rings is 1. The van der Waals surface area contributed by atoms with Crippen LogP contribution in [0.1, 0.15) is 42.6 Å². The van der Waals surface area contributed by atoms with Gasteiger partial charge in [-0.3, -0.25) is 4.79 Å². The van der Waals surface area contributed by atoms with Crippen molar-refractivity contribution in [3.05, 3.63) is 41.3 Å². The minimum Gasteiger partial charge on any atom is -0.351 e. The Morgan fingerprint density at radius 3 is 3.00 bits per heavy atom. The van der Waals surface area contributed by atoms with E-state index in [1.807, 2.05) is 40.9 Å². The molecule has 0 aromatic carbocycles. The average molecular weight is 376 g/mol. The molecule has 2 saturated heterocycles. The lowest BCUT2D eigenvalue weighted by molar-refractivity contribution is -0.126. The monoisotopic (exact) mass is 376 g/mol. The molecule has 28 heavy (non-hydrogen) atoms. The molecule has 2 aromatic heterocycles. The summed E-state index contributed by atoms with van der Waals surface area (Å²) in [6.45, 7) is 1.97. The second kappa shape index (κ2) is 6.62. The SMILES string of the molecule is Cc1cccc(-n2cc3c(n2)CCC(C(=O)N[C@@H]2C[C@@H]4CC[C@H]2N4C#N)C3)n1. The van der Waals surface area contributed by atoms with Crippen LogP contribution in [-0.2, 0) is 17.6 Å². The van der Waals surface area contributed by atoms with Gasteiger partial charge in [-0.15, -0.1) is 0 Å². The van der Waals surface area contributed by atoms with Gasteiger partial charge in [0.2, 0.25) is 5.91 Å². The van der Waals surface area contributed by atoms with Crippen molar-refractivity contribution in [2.45, 2.75) is 63.6 Å². The molecule has 2 bridgehead atoms. The molecule has 7 heteroatoms. The Bertz CT molecular complexity index is 960. The van der Waals surface area contributed by atoms with Crippen LogP contribution in [0.2, 0.25) is 0 Å². The van der Waals surface area contributed by atoms with E-state index in [-0.39, 0.29) is 23.9 Å². The fourth-order valence-corrected chi connectivity index (χ4v) is 5.10. The van der Waals surface area contributed by atoms with E-state index in [0.717, 1.165) is 61.3 Å². The number of nitrogens with zero attached hydrogens (tertiary/aromatic N) is 5. The first kappa shape index (κ1) is 17.2. The van der Waals surface area contributed by atoms with Gasteiger partial charge in [-0.1, -0.05) is 6.07 Å². The summed E-state index contributed by atoms with van der Waals surface area (Å²) in [5.41, 5.74) is 3.17. The Labute approximate surface area is 164 Å². The fraction of sp³-hybridized carbons (Fsp3) is 0.524. The van der Waals surface area contributed by atoms with Crippen LogP contribution in [-0.4, -0.2) is 43.7 Å². The van der Waals surface area contributed by atoms with E-state index >= 15 is 0 Å². The molecule has 2 aromatic rings. The molecule has 5 rings (SSSR count). The molecule has 0 saturated carbocycles. The summed E-state index contributed by atoms with van der Waals surface area (Å²) in [6, 6.07) is 6.52. The first-order valence-corrected chi connectivity index (χ1v) is 10.1. The van der Waals surface area contributed by atoms with E-state index in [9.17, 15) is 10.1 Å². The standard InChI is InChI=1S/C21H24N6O/c1-13-3-2-4-20(23-13)27-11-15-9-14(5-7-17(15)25-27)21(28)24-18-10-16-6-8-19(18)26(16)12-22/h2-4,11,14,16,18-19H,5-10H2,1H3,(H,24,28)/t14?,16-,18+,19+/m0/s1. The first-order valence-electron chi connectivity index (χ1n) is 10.1. The third-order valence-corrected chi connectivity index (χ3v) is 6.53. The summed E-state index contributed by atoms with van der Waals surface area (Å²) < 4.78 is 1.83. The fourth-order valence-electron chi connectivity index (χ4n) is 5.10. The van der Waals surface area contributed by atoms with Crippen LogP contribution in [0.25, 0.3) is 5.82 Å². The third-order valence-electron chi connectivity index (χ3n) is 6.53. The Morgan fingerprint density at radius 2 is 2.21 bits per heavy atom. The Balaban J connectivity index is 1.27. The molecule has 144 valence electrons. The van der Waals surface area contributed by atoms with Gasteiger partial charge in [-0.2, -0.15) is 10.4 Å². The predicted molar refractivity (Wildman–Crippen MR) is 102 cm³/mol. The number of hydrogen-bond acceptors (Lipinski definition) is 5. The van der Waals surface area contributed by atoms with Crippen LogP contribution in [0.4, 0.5) is 0 Å². The minimum atomic E-state index is -0.0229. The number of nitrogens with one attached hydrogen (secondary N) is 1. The minimum absolute atomic E-state index is 0.0229. The van der Waals surface area contributed by atoms with E-state index in [1.165, 1.54) is 0 Å². The van der Waals surface area contributed by atoms with Gasteiger partial charge in [0.05, 0.1) is 17.8 Å². The molecule has 0 radical (unpaired) electrons. The second-order valence-electron chi connectivity index (χ2n) is 8.28. The first-order chi connectivity index (χ1) is 13.6. The number of nitriles is 1. The molecule has 1 unspecified atom stereocenters. The summed E-state index contributed by atoms with van der Waals surface area (Å²) >= 11 is 0.